The highest BCUT2D eigenvalue weighted by atomic mass is 35.5. The highest BCUT2D eigenvalue weighted by molar-refractivity contribution is 6.32. The molecule has 0 spiro atoms. The highest BCUT2D eigenvalue weighted by Crippen LogP contribution is 2.61. The zero-order valence-corrected chi connectivity index (χ0v) is 16.6. The van der Waals surface area contributed by atoms with E-state index in [0.29, 0.717) is 10.7 Å². The molecule has 1 heterocycles. The molecule has 0 saturated carbocycles. The van der Waals surface area contributed by atoms with Gasteiger partial charge in [-0.25, -0.2) is 4.90 Å². The summed E-state index contributed by atoms with van der Waals surface area (Å²) >= 11 is 6.31. The lowest BCUT2D eigenvalue weighted by Crippen LogP contribution is -2.41. The van der Waals surface area contributed by atoms with Crippen LogP contribution in [-0.2, 0) is 9.59 Å². The molecule has 0 radical (unpaired) electrons. The number of anilines is 1. The molecule has 3 aliphatic carbocycles. The summed E-state index contributed by atoms with van der Waals surface area (Å²) in [6.45, 7) is 1.86. The Morgan fingerprint density at radius 3 is 1.59 bits per heavy atom. The number of amides is 2. The average Bonchev–Trinajstić information content (AvgIpc) is 3.01. The second-order valence-corrected chi connectivity index (χ2v) is 8.57. The molecule has 3 nitrogen and oxygen atoms in total. The first-order chi connectivity index (χ1) is 14.1. The number of hydrogen-bond donors (Lipinski definition) is 0. The van der Waals surface area contributed by atoms with Crippen LogP contribution in [0.25, 0.3) is 0 Å². The summed E-state index contributed by atoms with van der Waals surface area (Å²) in [4.78, 5) is 28.8. The van der Waals surface area contributed by atoms with Gasteiger partial charge in [0.15, 0.2) is 0 Å². The molecule has 29 heavy (non-hydrogen) atoms. The van der Waals surface area contributed by atoms with Crippen molar-refractivity contribution in [3.8, 4) is 0 Å². The number of halogens is 1. The molecular weight excluding hydrogens is 382 g/mol. The quantitative estimate of drug-likeness (QED) is 0.537. The van der Waals surface area contributed by atoms with E-state index >= 15 is 0 Å². The van der Waals surface area contributed by atoms with Gasteiger partial charge in [-0.05, 0) is 46.9 Å². The van der Waals surface area contributed by atoms with Crippen LogP contribution < -0.4 is 4.90 Å². The summed E-state index contributed by atoms with van der Waals surface area (Å²) in [5, 5.41) is 0.563. The third-order valence-corrected chi connectivity index (χ3v) is 7.34. The summed E-state index contributed by atoms with van der Waals surface area (Å²) in [6, 6.07) is 22.0. The van der Waals surface area contributed by atoms with Crippen molar-refractivity contribution < 1.29 is 9.59 Å². The van der Waals surface area contributed by atoms with Crippen LogP contribution in [0.2, 0.25) is 5.02 Å². The van der Waals surface area contributed by atoms with E-state index in [0.717, 1.165) is 5.56 Å². The van der Waals surface area contributed by atoms with E-state index < -0.39 is 0 Å². The van der Waals surface area contributed by atoms with Crippen LogP contribution in [0, 0.1) is 18.8 Å². The summed E-state index contributed by atoms with van der Waals surface area (Å²) < 4.78 is 0. The number of rotatable bonds is 1. The summed E-state index contributed by atoms with van der Waals surface area (Å²) in [6.07, 6.45) is 0. The van der Waals surface area contributed by atoms with E-state index in [4.69, 9.17) is 11.6 Å². The zero-order valence-electron chi connectivity index (χ0n) is 15.8. The Bertz CT molecular complexity index is 1100. The Hall–Kier alpha value is -2.91. The van der Waals surface area contributed by atoms with Gasteiger partial charge in [-0.2, -0.15) is 0 Å². The van der Waals surface area contributed by atoms with Crippen molar-refractivity contribution in [2.75, 3.05) is 4.90 Å². The first kappa shape index (κ1) is 17.0. The zero-order chi connectivity index (χ0) is 19.9. The fraction of sp³-hybridized carbons (Fsp3) is 0.200. The summed E-state index contributed by atoms with van der Waals surface area (Å²) in [5.41, 5.74) is 6.10. The molecule has 1 aliphatic heterocycles. The van der Waals surface area contributed by atoms with Crippen LogP contribution in [0.4, 0.5) is 5.69 Å². The predicted octanol–water partition coefficient (Wildman–Crippen LogP) is 5.05. The molecule has 0 unspecified atom stereocenters. The number of carbonyl (C=O) groups is 2. The highest BCUT2D eigenvalue weighted by Gasteiger charge is 2.61. The van der Waals surface area contributed by atoms with Crippen LogP contribution >= 0.6 is 11.6 Å². The number of imide groups is 1. The Labute approximate surface area is 173 Å². The molecule has 4 aliphatic rings. The molecule has 4 heteroatoms. The monoisotopic (exact) mass is 399 g/mol. The van der Waals surface area contributed by atoms with Crippen molar-refractivity contribution in [3.05, 3.63) is 99.6 Å². The number of hydrogen-bond acceptors (Lipinski definition) is 2. The second kappa shape index (κ2) is 5.80. The minimum absolute atomic E-state index is 0.0849. The first-order valence-corrected chi connectivity index (χ1v) is 10.3. The van der Waals surface area contributed by atoms with Gasteiger partial charge in [0.05, 0.1) is 17.5 Å². The van der Waals surface area contributed by atoms with Crippen LogP contribution in [0.5, 0.6) is 0 Å². The summed E-state index contributed by atoms with van der Waals surface area (Å²) in [5.74, 6) is -1.11. The third kappa shape index (κ3) is 2.03. The fourth-order valence-electron chi connectivity index (χ4n) is 5.75. The molecular formula is C25H18ClNO2. The minimum Gasteiger partial charge on any atom is -0.274 e. The van der Waals surface area contributed by atoms with Gasteiger partial charge in [-0.15, -0.1) is 0 Å². The molecule has 2 amide bonds. The smallest absolute Gasteiger partial charge is 0.238 e. The lowest BCUT2D eigenvalue weighted by molar-refractivity contribution is -0.122. The molecule has 7 rings (SSSR count). The van der Waals surface area contributed by atoms with Gasteiger partial charge in [0.1, 0.15) is 0 Å². The van der Waals surface area contributed by atoms with Gasteiger partial charge in [-0.1, -0.05) is 66.2 Å². The fourth-order valence-corrected chi connectivity index (χ4v) is 5.92. The molecule has 1 saturated heterocycles. The molecule has 0 aromatic heterocycles. The Kier molecular flexibility index (Phi) is 3.40. The van der Waals surface area contributed by atoms with Crippen molar-refractivity contribution in [2.45, 2.75) is 18.8 Å². The molecule has 0 N–H and O–H groups in total. The lowest BCUT2D eigenvalue weighted by atomic mass is 9.55. The van der Waals surface area contributed by atoms with Crippen LogP contribution in [0.3, 0.4) is 0 Å². The Balaban J connectivity index is 1.59. The maximum absolute atomic E-state index is 13.7. The Morgan fingerprint density at radius 1 is 0.690 bits per heavy atom. The van der Waals surface area contributed by atoms with Crippen molar-refractivity contribution in [1.82, 2.24) is 0 Å². The van der Waals surface area contributed by atoms with Crippen LogP contribution in [-0.4, -0.2) is 11.8 Å². The van der Waals surface area contributed by atoms with Gasteiger partial charge in [-0.3, -0.25) is 9.59 Å². The van der Waals surface area contributed by atoms with Gasteiger partial charge in [0.2, 0.25) is 11.8 Å². The molecule has 3 aromatic carbocycles. The third-order valence-electron chi connectivity index (χ3n) is 6.93. The topological polar surface area (TPSA) is 37.4 Å². The Morgan fingerprint density at radius 2 is 1.14 bits per heavy atom. The van der Waals surface area contributed by atoms with E-state index in [1.165, 1.54) is 27.2 Å². The van der Waals surface area contributed by atoms with Crippen molar-refractivity contribution >= 4 is 29.1 Å². The maximum atomic E-state index is 13.7. The van der Waals surface area contributed by atoms with E-state index in [-0.39, 0.29) is 35.5 Å². The van der Waals surface area contributed by atoms with Gasteiger partial charge in [0.25, 0.3) is 0 Å². The minimum atomic E-state index is -0.365. The van der Waals surface area contributed by atoms with E-state index in [1.54, 1.807) is 12.1 Å². The van der Waals surface area contributed by atoms with Crippen molar-refractivity contribution in [2.24, 2.45) is 11.8 Å². The van der Waals surface area contributed by atoms with E-state index in [1.807, 2.05) is 37.3 Å². The molecule has 142 valence electrons. The average molecular weight is 400 g/mol. The molecule has 2 atom stereocenters. The largest absolute Gasteiger partial charge is 0.274 e. The number of benzene rings is 3. The molecule has 2 bridgehead atoms. The van der Waals surface area contributed by atoms with E-state index in [2.05, 4.69) is 24.3 Å². The standard InChI is InChI=1S/C25H18ClNO2/c1-13-18(26)11-6-12-19(13)27-24(28)22-20-14-7-2-3-8-15(14)21(23(22)25(27)29)17-10-5-4-9-16(17)20/h2-12,20-23H,1H3/t20?,21?,22-,23-/m1/s1. The maximum Gasteiger partial charge on any atom is 0.238 e. The van der Waals surface area contributed by atoms with Crippen LogP contribution in [0.1, 0.15) is 39.7 Å². The van der Waals surface area contributed by atoms with Gasteiger partial charge >= 0.3 is 0 Å². The lowest BCUT2D eigenvalue weighted by Gasteiger charge is -2.45. The normalized spacial score (nSPS) is 26.3. The van der Waals surface area contributed by atoms with E-state index in [9.17, 15) is 9.59 Å². The number of nitrogens with zero attached hydrogens (tertiary/aromatic N) is 1. The summed E-state index contributed by atoms with van der Waals surface area (Å²) in [7, 11) is 0. The predicted molar refractivity (Wildman–Crippen MR) is 112 cm³/mol. The van der Waals surface area contributed by atoms with Gasteiger partial charge in [0, 0.05) is 16.9 Å². The molecule has 1 fully saturated rings. The first-order valence-electron chi connectivity index (χ1n) is 9.90. The SMILES string of the molecule is Cc1c(Cl)cccc1N1C(=O)[C@@H]2C3c4ccccc4C(c4ccccc43)[C@H]2C1=O. The van der Waals surface area contributed by atoms with Crippen molar-refractivity contribution in [3.63, 3.8) is 0 Å². The second-order valence-electron chi connectivity index (χ2n) is 8.16. The van der Waals surface area contributed by atoms with Crippen molar-refractivity contribution in [1.29, 1.82) is 0 Å². The van der Waals surface area contributed by atoms with Crippen LogP contribution in [0.15, 0.2) is 66.7 Å². The van der Waals surface area contributed by atoms with Gasteiger partial charge < -0.3 is 0 Å². The molecule has 3 aromatic rings. The number of carbonyl (C=O) groups excluding carboxylic acids is 2.